The maximum Gasteiger partial charge on any atom is 0.0278 e. The van der Waals surface area contributed by atoms with Crippen molar-refractivity contribution >= 4 is 0 Å². The Balaban J connectivity index is 1.83. The van der Waals surface area contributed by atoms with Crippen LogP contribution in [0.4, 0.5) is 0 Å². The Morgan fingerprint density at radius 2 is 2.00 bits per heavy atom. The summed E-state index contributed by atoms with van der Waals surface area (Å²) >= 11 is 0. The van der Waals surface area contributed by atoms with Crippen molar-refractivity contribution < 1.29 is 0 Å². The lowest BCUT2D eigenvalue weighted by Gasteiger charge is -2.41. The summed E-state index contributed by atoms with van der Waals surface area (Å²) in [4.78, 5) is 2.67. The van der Waals surface area contributed by atoms with Crippen molar-refractivity contribution in [2.75, 3.05) is 26.2 Å². The molecule has 2 nitrogen and oxygen atoms in total. The third-order valence-corrected chi connectivity index (χ3v) is 4.53. The van der Waals surface area contributed by atoms with Crippen LogP contribution < -0.4 is 5.32 Å². The summed E-state index contributed by atoms with van der Waals surface area (Å²) in [5, 5.41) is 3.65. The molecule has 15 heavy (non-hydrogen) atoms. The van der Waals surface area contributed by atoms with Gasteiger partial charge in [-0.25, -0.2) is 0 Å². The SMILES string of the molecule is CCC1(C)CN(CC2CC2(C)C)CCN1. The molecule has 2 heteroatoms. The summed E-state index contributed by atoms with van der Waals surface area (Å²) in [7, 11) is 0. The van der Waals surface area contributed by atoms with Gasteiger partial charge in [-0.2, -0.15) is 0 Å². The molecule has 1 saturated heterocycles. The highest BCUT2D eigenvalue weighted by molar-refractivity contribution is 4.99. The molecule has 2 rings (SSSR count). The van der Waals surface area contributed by atoms with Crippen molar-refractivity contribution in [1.82, 2.24) is 10.2 Å². The van der Waals surface area contributed by atoms with E-state index in [9.17, 15) is 0 Å². The minimum Gasteiger partial charge on any atom is -0.309 e. The molecule has 0 spiro atoms. The molecular weight excluding hydrogens is 184 g/mol. The Bertz CT molecular complexity index is 237. The Hall–Kier alpha value is -0.0800. The van der Waals surface area contributed by atoms with Crippen molar-refractivity contribution in [1.29, 1.82) is 0 Å². The minimum atomic E-state index is 0.358. The van der Waals surface area contributed by atoms with Crippen LogP contribution in [0, 0.1) is 11.3 Å². The minimum absolute atomic E-state index is 0.358. The monoisotopic (exact) mass is 210 g/mol. The number of hydrogen-bond donors (Lipinski definition) is 1. The first kappa shape index (κ1) is 11.4. The van der Waals surface area contributed by atoms with Crippen LogP contribution in [0.15, 0.2) is 0 Å². The highest BCUT2D eigenvalue weighted by atomic mass is 15.2. The summed E-state index contributed by atoms with van der Waals surface area (Å²) in [5.41, 5.74) is 0.991. The molecule has 2 aliphatic rings. The van der Waals surface area contributed by atoms with Gasteiger partial charge in [0.2, 0.25) is 0 Å². The van der Waals surface area contributed by atoms with E-state index in [2.05, 4.69) is 37.9 Å². The van der Waals surface area contributed by atoms with Crippen LogP contribution in [0.1, 0.15) is 40.5 Å². The number of hydrogen-bond acceptors (Lipinski definition) is 2. The van der Waals surface area contributed by atoms with E-state index >= 15 is 0 Å². The summed E-state index contributed by atoms with van der Waals surface area (Å²) < 4.78 is 0. The van der Waals surface area contributed by atoms with Gasteiger partial charge in [-0.05, 0) is 31.1 Å². The molecule has 0 bridgehead atoms. The van der Waals surface area contributed by atoms with Gasteiger partial charge < -0.3 is 5.32 Å². The van der Waals surface area contributed by atoms with Crippen LogP contribution in [0.5, 0.6) is 0 Å². The third kappa shape index (κ3) is 2.54. The zero-order valence-electron chi connectivity index (χ0n) is 10.8. The molecule has 0 amide bonds. The number of nitrogens with zero attached hydrogens (tertiary/aromatic N) is 1. The summed E-state index contributed by atoms with van der Waals surface area (Å²) in [5.74, 6) is 0.955. The van der Waals surface area contributed by atoms with Gasteiger partial charge in [-0.3, -0.25) is 4.90 Å². The normalized spacial score (nSPS) is 40.4. The molecular formula is C13H26N2. The second-order valence-electron chi connectivity index (χ2n) is 6.47. The van der Waals surface area contributed by atoms with Crippen LogP contribution in [0.2, 0.25) is 0 Å². The topological polar surface area (TPSA) is 15.3 Å². The quantitative estimate of drug-likeness (QED) is 0.767. The zero-order valence-corrected chi connectivity index (χ0v) is 10.8. The molecule has 0 aromatic heterocycles. The fourth-order valence-corrected chi connectivity index (χ4v) is 2.74. The van der Waals surface area contributed by atoms with E-state index in [0.29, 0.717) is 11.0 Å². The molecule has 2 fully saturated rings. The van der Waals surface area contributed by atoms with Crippen LogP contribution >= 0.6 is 0 Å². The van der Waals surface area contributed by atoms with E-state index in [1.54, 1.807) is 0 Å². The lowest BCUT2D eigenvalue weighted by molar-refractivity contribution is 0.131. The second kappa shape index (κ2) is 3.74. The summed E-state index contributed by atoms with van der Waals surface area (Å²) in [6.45, 7) is 14.4. The molecule has 1 heterocycles. The zero-order chi connectivity index (χ0) is 11.1. The van der Waals surface area contributed by atoms with Crippen LogP contribution in [-0.4, -0.2) is 36.6 Å². The Morgan fingerprint density at radius 3 is 2.53 bits per heavy atom. The van der Waals surface area contributed by atoms with E-state index < -0.39 is 0 Å². The average Bonchev–Trinajstić information content (AvgIpc) is 2.74. The fraction of sp³-hybridized carbons (Fsp3) is 1.00. The molecule has 2 atom stereocenters. The maximum atomic E-state index is 3.65. The van der Waals surface area contributed by atoms with E-state index in [1.165, 1.54) is 32.5 Å². The van der Waals surface area contributed by atoms with E-state index in [4.69, 9.17) is 0 Å². The van der Waals surface area contributed by atoms with Crippen molar-refractivity contribution in [2.45, 2.75) is 46.1 Å². The largest absolute Gasteiger partial charge is 0.309 e. The van der Waals surface area contributed by atoms with Crippen LogP contribution in [0.25, 0.3) is 0 Å². The lowest BCUT2D eigenvalue weighted by atomic mass is 9.95. The fourth-order valence-electron chi connectivity index (χ4n) is 2.74. The van der Waals surface area contributed by atoms with E-state index in [-0.39, 0.29) is 0 Å². The Kier molecular flexibility index (Phi) is 2.85. The van der Waals surface area contributed by atoms with Crippen LogP contribution in [0.3, 0.4) is 0 Å². The van der Waals surface area contributed by atoms with Gasteiger partial charge >= 0.3 is 0 Å². The third-order valence-electron chi connectivity index (χ3n) is 4.53. The molecule has 0 aromatic rings. The first-order valence-electron chi connectivity index (χ1n) is 6.43. The van der Waals surface area contributed by atoms with Gasteiger partial charge in [0.15, 0.2) is 0 Å². The predicted molar refractivity (Wildman–Crippen MR) is 65.0 cm³/mol. The highest BCUT2D eigenvalue weighted by Gasteiger charge is 2.46. The number of piperazine rings is 1. The van der Waals surface area contributed by atoms with Crippen LogP contribution in [-0.2, 0) is 0 Å². The van der Waals surface area contributed by atoms with Gasteiger partial charge in [0.1, 0.15) is 0 Å². The van der Waals surface area contributed by atoms with Crippen molar-refractivity contribution in [3.8, 4) is 0 Å². The average molecular weight is 210 g/mol. The number of nitrogens with one attached hydrogen (secondary N) is 1. The summed E-state index contributed by atoms with van der Waals surface area (Å²) in [6, 6.07) is 0. The van der Waals surface area contributed by atoms with Gasteiger partial charge in [-0.15, -0.1) is 0 Å². The summed E-state index contributed by atoms with van der Waals surface area (Å²) in [6.07, 6.45) is 2.66. The van der Waals surface area contributed by atoms with Gasteiger partial charge in [0, 0.05) is 31.7 Å². The molecule has 2 unspecified atom stereocenters. The molecule has 0 aromatic carbocycles. The van der Waals surface area contributed by atoms with Crippen molar-refractivity contribution in [3.05, 3.63) is 0 Å². The second-order valence-corrected chi connectivity index (χ2v) is 6.47. The molecule has 0 radical (unpaired) electrons. The highest BCUT2D eigenvalue weighted by Crippen LogP contribution is 2.51. The molecule has 1 aliphatic heterocycles. The first-order valence-corrected chi connectivity index (χ1v) is 6.43. The van der Waals surface area contributed by atoms with Crippen molar-refractivity contribution in [2.24, 2.45) is 11.3 Å². The lowest BCUT2D eigenvalue weighted by Crippen LogP contribution is -2.58. The molecule has 1 N–H and O–H groups in total. The van der Waals surface area contributed by atoms with Gasteiger partial charge in [0.25, 0.3) is 0 Å². The molecule has 88 valence electrons. The first-order chi connectivity index (χ1) is 6.95. The molecule has 1 aliphatic carbocycles. The Labute approximate surface area is 94.4 Å². The van der Waals surface area contributed by atoms with Crippen molar-refractivity contribution in [3.63, 3.8) is 0 Å². The predicted octanol–water partition coefficient (Wildman–Crippen LogP) is 2.11. The molecule has 1 saturated carbocycles. The van der Waals surface area contributed by atoms with Gasteiger partial charge in [0.05, 0.1) is 0 Å². The standard InChI is InChI=1S/C13H26N2/c1-5-13(4)10-15(7-6-14-13)9-11-8-12(11,2)3/h11,14H,5-10H2,1-4H3. The number of rotatable bonds is 3. The van der Waals surface area contributed by atoms with E-state index in [0.717, 1.165) is 12.5 Å². The smallest absolute Gasteiger partial charge is 0.0278 e. The van der Waals surface area contributed by atoms with Gasteiger partial charge in [-0.1, -0.05) is 20.8 Å². The Morgan fingerprint density at radius 1 is 1.33 bits per heavy atom. The van der Waals surface area contributed by atoms with E-state index in [1.807, 2.05) is 0 Å². The maximum absolute atomic E-state index is 3.65.